The third-order valence-electron chi connectivity index (χ3n) is 4.24. The van der Waals surface area contributed by atoms with Crippen molar-refractivity contribution in [2.24, 2.45) is 0 Å². The van der Waals surface area contributed by atoms with Crippen molar-refractivity contribution in [3.63, 3.8) is 0 Å². The summed E-state index contributed by atoms with van der Waals surface area (Å²) < 4.78 is 9.81. The average Bonchev–Trinajstić information content (AvgIpc) is 2.83. The lowest BCUT2D eigenvalue weighted by Gasteiger charge is -2.31. The molecule has 0 spiro atoms. The van der Waals surface area contributed by atoms with Gasteiger partial charge in [0.15, 0.2) is 0 Å². The maximum absolute atomic E-state index is 12.7. The number of rotatable bonds is 4. The molecule has 1 heterocycles. The molecule has 7 nitrogen and oxygen atoms in total. The van der Waals surface area contributed by atoms with Crippen LogP contribution in [0.15, 0.2) is 35.5 Å². The highest BCUT2D eigenvalue weighted by Gasteiger charge is 2.70. The van der Waals surface area contributed by atoms with Crippen molar-refractivity contribution in [2.45, 2.75) is 18.2 Å². The first-order chi connectivity index (χ1) is 10.9. The number of hydrogen-bond donors (Lipinski definition) is 3. The molecule has 23 heavy (non-hydrogen) atoms. The highest BCUT2D eigenvalue weighted by molar-refractivity contribution is 6.16. The molecule has 2 aliphatic rings. The first-order valence-corrected chi connectivity index (χ1v) is 7.12. The third-order valence-corrected chi connectivity index (χ3v) is 4.24. The van der Waals surface area contributed by atoms with Crippen LogP contribution in [0.5, 0.6) is 0 Å². The van der Waals surface area contributed by atoms with Crippen LogP contribution in [0.1, 0.15) is 22.8 Å². The SMILES string of the molecule is COCCOC(=O)C1=C(C)NC2(O)c3ccccc3C(=O)C12O. The molecule has 2 unspecified atom stereocenters. The van der Waals surface area contributed by atoms with Gasteiger partial charge in [-0.1, -0.05) is 24.3 Å². The Morgan fingerprint density at radius 1 is 1.26 bits per heavy atom. The van der Waals surface area contributed by atoms with Crippen LogP contribution in [-0.2, 0) is 20.0 Å². The maximum atomic E-state index is 12.7. The van der Waals surface area contributed by atoms with Crippen molar-refractivity contribution < 1.29 is 29.3 Å². The topological polar surface area (TPSA) is 105 Å². The van der Waals surface area contributed by atoms with Gasteiger partial charge in [-0.2, -0.15) is 0 Å². The van der Waals surface area contributed by atoms with E-state index in [1.54, 1.807) is 12.1 Å². The second kappa shape index (κ2) is 5.16. The van der Waals surface area contributed by atoms with E-state index in [-0.39, 0.29) is 35.6 Å². The molecular weight excluding hydrogens is 302 g/mol. The Hall–Kier alpha value is -2.22. The van der Waals surface area contributed by atoms with Crippen LogP contribution in [0.2, 0.25) is 0 Å². The summed E-state index contributed by atoms with van der Waals surface area (Å²) in [6.45, 7) is 1.65. The number of aliphatic hydroxyl groups is 2. The number of hydrogen-bond acceptors (Lipinski definition) is 7. The molecule has 7 heteroatoms. The van der Waals surface area contributed by atoms with Crippen molar-refractivity contribution in [2.75, 3.05) is 20.3 Å². The minimum absolute atomic E-state index is 0.0260. The zero-order valence-electron chi connectivity index (χ0n) is 12.8. The van der Waals surface area contributed by atoms with E-state index in [9.17, 15) is 19.8 Å². The number of carbonyl (C=O) groups is 2. The summed E-state index contributed by atoms with van der Waals surface area (Å²) in [5.74, 6) is -1.61. The number of allylic oxidation sites excluding steroid dienone is 1. The number of esters is 1. The molecule has 2 atom stereocenters. The van der Waals surface area contributed by atoms with E-state index in [4.69, 9.17) is 9.47 Å². The van der Waals surface area contributed by atoms with Gasteiger partial charge < -0.3 is 25.0 Å². The smallest absolute Gasteiger partial charge is 0.339 e. The third kappa shape index (κ3) is 1.87. The van der Waals surface area contributed by atoms with Crippen LogP contribution in [0.3, 0.4) is 0 Å². The minimum Gasteiger partial charge on any atom is -0.460 e. The lowest BCUT2D eigenvalue weighted by molar-refractivity contribution is -0.148. The largest absolute Gasteiger partial charge is 0.460 e. The van der Waals surface area contributed by atoms with Gasteiger partial charge in [0.25, 0.3) is 0 Å². The molecule has 0 fully saturated rings. The first-order valence-electron chi connectivity index (χ1n) is 7.12. The second-order valence-corrected chi connectivity index (χ2v) is 5.55. The Morgan fingerprint density at radius 2 is 1.96 bits per heavy atom. The van der Waals surface area contributed by atoms with Crippen molar-refractivity contribution in [1.29, 1.82) is 0 Å². The van der Waals surface area contributed by atoms with Crippen molar-refractivity contribution in [3.8, 4) is 0 Å². The van der Waals surface area contributed by atoms with Gasteiger partial charge in [-0.25, -0.2) is 4.79 Å². The van der Waals surface area contributed by atoms with Crippen LogP contribution in [0.25, 0.3) is 0 Å². The molecule has 0 saturated heterocycles. The zero-order valence-corrected chi connectivity index (χ0v) is 12.8. The van der Waals surface area contributed by atoms with E-state index in [1.165, 1.54) is 26.2 Å². The van der Waals surface area contributed by atoms with Gasteiger partial charge >= 0.3 is 5.97 Å². The Bertz CT molecular complexity index is 727. The van der Waals surface area contributed by atoms with Gasteiger partial charge in [0.05, 0.1) is 6.61 Å². The fourth-order valence-corrected chi connectivity index (χ4v) is 3.20. The van der Waals surface area contributed by atoms with Crippen LogP contribution < -0.4 is 5.32 Å². The Kier molecular flexibility index (Phi) is 3.51. The van der Waals surface area contributed by atoms with Gasteiger partial charge in [-0.3, -0.25) is 4.79 Å². The average molecular weight is 319 g/mol. The summed E-state index contributed by atoms with van der Waals surface area (Å²) in [4.78, 5) is 25.0. The molecular formula is C16H17NO6. The molecule has 122 valence electrons. The van der Waals surface area contributed by atoms with E-state index in [0.29, 0.717) is 0 Å². The molecule has 1 aromatic carbocycles. The minimum atomic E-state index is -2.41. The second-order valence-electron chi connectivity index (χ2n) is 5.55. The van der Waals surface area contributed by atoms with E-state index >= 15 is 0 Å². The normalized spacial score (nSPS) is 28.4. The Morgan fingerprint density at radius 3 is 2.65 bits per heavy atom. The van der Waals surface area contributed by atoms with E-state index in [0.717, 1.165) is 0 Å². The van der Waals surface area contributed by atoms with Gasteiger partial charge in [-0.05, 0) is 6.92 Å². The molecule has 0 amide bonds. The van der Waals surface area contributed by atoms with Crippen LogP contribution in [-0.4, -0.2) is 47.9 Å². The van der Waals surface area contributed by atoms with Gasteiger partial charge in [0, 0.05) is 23.9 Å². The monoisotopic (exact) mass is 319 g/mol. The quantitative estimate of drug-likeness (QED) is 0.522. The molecule has 0 radical (unpaired) electrons. The summed E-state index contributed by atoms with van der Waals surface area (Å²) in [6.07, 6.45) is 0. The van der Waals surface area contributed by atoms with Gasteiger partial charge in [-0.15, -0.1) is 0 Å². The summed E-state index contributed by atoms with van der Waals surface area (Å²) in [5, 5.41) is 24.6. The molecule has 1 aliphatic heterocycles. The van der Waals surface area contributed by atoms with Crippen molar-refractivity contribution in [3.05, 3.63) is 46.7 Å². The highest BCUT2D eigenvalue weighted by Crippen LogP contribution is 2.51. The van der Waals surface area contributed by atoms with E-state index in [1.807, 2.05) is 0 Å². The summed E-state index contributed by atoms with van der Waals surface area (Å²) in [6, 6.07) is 6.29. The lowest BCUT2D eigenvalue weighted by Crippen LogP contribution is -2.56. The number of carbonyl (C=O) groups excluding carboxylic acids is 2. The van der Waals surface area contributed by atoms with Crippen molar-refractivity contribution >= 4 is 11.8 Å². The first kappa shape index (κ1) is 15.7. The molecule has 3 N–H and O–H groups in total. The van der Waals surface area contributed by atoms with E-state index in [2.05, 4.69) is 5.32 Å². The molecule has 1 aromatic rings. The predicted octanol–water partition coefficient (Wildman–Crippen LogP) is -0.174. The summed E-state index contributed by atoms with van der Waals surface area (Å²) in [5.41, 5.74) is -4.19. The number of Topliss-reactive ketones (excluding diaryl/α,β-unsaturated/α-hetero) is 1. The molecule has 0 saturated carbocycles. The number of nitrogens with one attached hydrogen (secondary N) is 1. The van der Waals surface area contributed by atoms with Crippen LogP contribution >= 0.6 is 0 Å². The molecule has 0 bridgehead atoms. The van der Waals surface area contributed by atoms with Gasteiger partial charge in [0.2, 0.25) is 17.1 Å². The number of ether oxygens (including phenoxy) is 2. The van der Waals surface area contributed by atoms with Gasteiger partial charge in [0.1, 0.15) is 12.2 Å². The number of fused-ring (bicyclic) bond motifs is 3. The van der Waals surface area contributed by atoms with E-state index < -0.39 is 23.1 Å². The Balaban J connectivity index is 2.04. The van der Waals surface area contributed by atoms with Crippen molar-refractivity contribution in [1.82, 2.24) is 5.32 Å². The number of ketones is 1. The highest BCUT2D eigenvalue weighted by atomic mass is 16.6. The van der Waals surface area contributed by atoms with Crippen LogP contribution in [0.4, 0.5) is 0 Å². The van der Waals surface area contributed by atoms with Crippen LogP contribution in [0, 0.1) is 0 Å². The summed E-state index contributed by atoms with van der Waals surface area (Å²) in [7, 11) is 1.46. The Labute approximate surface area is 132 Å². The lowest BCUT2D eigenvalue weighted by atomic mass is 9.85. The standard InChI is InChI=1S/C16H17NO6/c1-9-12(14(19)23-8-7-22-2)15(20)13(18)10-5-3-4-6-11(10)16(15,21)17-9/h3-6,17,20-21H,7-8H2,1-2H3. The fraction of sp³-hybridized carbons (Fsp3) is 0.375. The number of methoxy groups -OCH3 is 1. The number of benzene rings is 1. The summed E-state index contributed by atoms with van der Waals surface area (Å²) >= 11 is 0. The molecule has 3 rings (SSSR count). The molecule has 0 aromatic heterocycles. The molecule has 1 aliphatic carbocycles. The fourth-order valence-electron chi connectivity index (χ4n) is 3.20. The predicted molar refractivity (Wildman–Crippen MR) is 78.3 cm³/mol. The zero-order chi connectivity index (χ0) is 16.8. The maximum Gasteiger partial charge on any atom is 0.339 e.